The van der Waals surface area contributed by atoms with Crippen molar-refractivity contribution in [2.75, 3.05) is 37.0 Å². The van der Waals surface area contributed by atoms with E-state index in [9.17, 15) is 0 Å². The van der Waals surface area contributed by atoms with Crippen LogP contribution < -0.4 is 0 Å². The second kappa shape index (κ2) is 213. The minimum Gasteiger partial charge on any atom is -0.358 e. The third-order valence-electron chi connectivity index (χ3n) is 21.9. The fourth-order valence-electron chi connectivity index (χ4n) is 12.5. The van der Waals surface area contributed by atoms with Gasteiger partial charge in [0.2, 0.25) is 0 Å². The molecular weight excluding hydrogens is 3240 g/mol. The molecule has 0 aliphatic carbocycles. The number of hydrogen-bond donors (Lipinski definition) is 0. The van der Waals surface area contributed by atoms with Crippen LogP contribution in [0.1, 0.15) is 609 Å². The van der Waals surface area contributed by atoms with Crippen molar-refractivity contribution in [3.05, 3.63) is 48.5 Å². The van der Waals surface area contributed by atoms with E-state index >= 15 is 0 Å². The van der Waals surface area contributed by atoms with E-state index in [4.69, 9.17) is 0 Å². The van der Waals surface area contributed by atoms with Crippen LogP contribution in [0.2, 0.25) is 0 Å². The molecule has 0 bridgehead atoms. The molecule has 0 spiro atoms. The Morgan fingerprint density at radius 1 is 0.236 bits per heavy atom. The first-order valence-electron chi connectivity index (χ1n) is 54.5. The van der Waals surface area contributed by atoms with Crippen molar-refractivity contribution >= 4 is 64.7 Å². The van der Waals surface area contributed by atoms with E-state index in [1.165, 1.54) is 454 Å². The fourth-order valence-corrected chi connectivity index (χ4v) is 14.3. The smallest absolute Gasteiger partial charge is 0 e. The second-order valence-corrected chi connectivity index (χ2v) is 39.3. The maximum Gasteiger partial charge on any atom is 0 e. The van der Waals surface area contributed by atoms with Crippen LogP contribution in [0.3, 0.4) is 0 Å². The SMILES string of the molecule is CCC(C)CP.CCCC(CC)CC(CC)CC(CC)CCCC(C)CC.CCCCCCCCCC.CCCCCCCCCCCCC.CCCCCCCCCCCCCCCC.CCCCCCP.CCCCCCP.CCP.CC[CH-]CC(CC)CP.[CH2-]C(P)CC.[CH2-]CC.[CH2-]CC.[CH2-]CCCCC.[CH2-]CCCCCCCCP.[CH3-].[U].[U].[U].[U].[U].[U].[U]. The topological polar surface area (TPSA) is 0 Å². The minimum atomic E-state index is 0. The molecule has 0 heterocycles. The Balaban J connectivity index is -0.0000000480. The average Bonchev–Trinajstić information content (AvgIpc) is 0.931. The summed E-state index contributed by atoms with van der Waals surface area (Å²) in [6, 6.07) is 0. The van der Waals surface area contributed by atoms with E-state index < -0.39 is 0 Å². The fraction of sp³-hybridized carbons (Fsp3) is 0.938. The molecule has 0 saturated heterocycles. The molecule has 0 aromatic heterocycles. The van der Waals surface area contributed by atoms with Crippen LogP contribution in [-0.4, -0.2) is 42.6 Å². The molecule has 0 nitrogen and oxygen atoms in total. The summed E-state index contributed by atoms with van der Waals surface area (Å²) in [5, 5.41) is 0. The first-order chi connectivity index (χ1) is 57.7. The average molecular weight is 3500 g/mol. The first-order valence-corrected chi connectivity index (χ1v) is 60.0. The minimum absolute atomic E-state index is 0. The summed E-state index contributed by atoms with van der Waals surface area (Å²) < 4.78 is 0. The van der Waals surface area contributed by atoms with Crippen LogP contribution in [0.25, 0.3) is 0 Å². The van der Waals surface area contributed by atoms with E-state index in [2.05, 4.69) is 251 Å². The van der Waals surface area contributed by atoms with Crippen molar-refractivity contribution in [1.29, 1.82) is 0 Å². The third-order valence-corrected chi connectivity index (χ3v) is 25.1. The molecule has 0 aromatic carbocycles. The van der Waals surface area contributed by atoms with Gasteiger partial charge in [-0.1, -0.05) is 544 Å². The van der Waals surface area contributed by atoms with Gasteiger partial charge in [0, 0.05) is 218 Å². The van der Waals surface area contributed by atoms with E-state index in [1.807, 2.05) is 13.8 Å². The molecule has 14 atom stereocenters. The van der Waals surface area contributed by atoms with Gasteiger partial charge in [0.05, 0.1) is 0 Å². The zero-order valence-corrected chi connectivity index (χ0v) is 131. The van der Waals surface area contributed by atoms with E-state index in [1.54, 1.807) is 0 Å². The maximum absolute atomic E-state index is 3.82. The predicted molar refractivity (Wildman–Crippen MR) is 613 cm³/mol. The Bertz CT molecular complexity index is 1280. The van der Waals surface area contributed by atoms with Gasteiger partial charge in [-0.3, -0.25) is 0 Å². The predicted octanol–water partition coefficient (Wildman–Crippen LogP) is 44.6. The molecule has 0 radical (unpaired) electrons. The monoisotopic (exact) mass is 3500 g/mol. The van der Waals surface area contributed by atoms with Crippen LogP contribution in [0, 0.1) is 302 Å². The second-order valence-electron chi connectivity index (χ2n) is 34.9. The molecule has 0 amide bonds. The maximum atomic E-state index is 3.82. The summed E-state index contributed by atoms with van der Waals surface area (Å²) in [4.78, 5) is 0. The van der Waals surface area contributed by atoms with Gasteiger partial charge in [0.15, 0.2) is 0 Å². The van der Waals surface area contributed by atoms with Crippen molar-refractivity contribution in [1.82, 2.24) is 0 Å². The zero-order chi connectivity index (χ0) is 93.5. The summed E-state index contributed by atoms with van der Waals surface area (Å²) in [6.45, 7) is 70.1. The molecule has 127 heavy (non-hydrogen) atoms. The Kier molecular flexibility index (Phi) is 322. The van der Waals surface area contributed by atoms with Crippen LogP contribution in [0.4, 0.5) is 0 Å². The Hall–Kier alpha value is 10.4. The van der Waals surface area contributed by atoms with Crippen molar-refractivity contribution in [2.45, 2.75) is 614 Å². The molecule has 14 heteroatoms. The van der Waals surface area contributed by atoms with Gasteiger partial charge in [0.1, 0.15) is 0 Å². The molecule has 0 aliphatic heterocycles. The summed E-state index contributed by atoms with van der Waals surface area (Å²) in [6.07, 6.45) is 107. The third kappa shape index (κ3) is 260. The van der Waals surface area contributed by atoms with E-state index in [-0.39, 0.29) is 225 Å². The molecule has 0 rings (SSSR count). The summed E-state index contributed by atoms with van der Waals surface area (Å²) in [7, 11) is 19.0. The van der Waals surface area contributed by atoms with Crippen molar-refractivity contribution < 1.29 is 218 Å². The molecular formula is C113H256P7U7-7. The van der Waals surface area contributed by atoms with Gasteiger partial charge in [-0.2, -0.15) is 53.4 Å². The number of unbranched alkanes of at least 4 members (excludes halogenated alkanes) is 46. The van der Waals surface area contributed by atoms with Gasteiger partial charge < -0.3 is 48.5 Å². The molecule has 0 aliphatic rings. The summed E-state index contributed by atoms with van der Waals surface area (Å²) in [5.74, 6) is 5.69. The summed E-state index contributed by atoms with van der Waals surface area (Å²) >= 11 is 0. The van der Waals surface area contributed by atoms with Crippen molar-refractivity contribution in [3.8, 4) is 0 Å². The van der Waals surface area contributed by atoms with Crippen molar-refractivity contribution in [3.63, 3.8) is 0 Å². The van der Waals surface area contributed by atoms with Crippen molar-refractivity contribution in [2.24, 2.45) is 35.5 Å². The molecule has 0 N–H and O–H groups in total. The normalized spacial score (nSPS) is 11.1. The van der Waals surface area contributed by atoms with Crippen LogP contribution >= 0.6 is 64.7 Å². The molecule has 14 unspecified atom stereocenters. The standard InChI is InChI=1S/C21H44.C16H34.C13H28.C10H22.C9H20P.C8H18P.2C6H15P.C6H13.C5H13P.C4H10P.2C3H7.C2H7P.CH3.7U/c1-7-13-19(9-3)16-21(11-5)17-20(10-4)15-12-14-18(6)8-2;1-3-5-7-9-11-13-15-16-14-12-10-8-6-4-2;1-3-5-7-9-11-13-12-10-8-6-4-2;1-3-5-7-9-10-8-6-4-2;1-2-3-4-5-6-7-8-9-10;1-3-5-6-8(4-2)7-9;2*1-2-3-4-5-6-7;1-3-5-6-4-2;1-3-5(2)4-6;1-3-4(2)5;2*1-3-2;1-2-3;;;;;;;;/h18-21H,7-17H2,1-6H3;3-16H2,1-2H3;3-13H2,1-2H3;3-10H2,1-2H3;1-10H2;5,8H,3-4,6-7,9H2,1-2H3;2*2-7H2,1H3;1,3-6H2,2H3;5H,3-4,6H2,1-2H3;4H,2-3,5H2,1H3;2*1,3H2,2H3;2-3H2,1H3;1H3;;;;;;;/q;;;;2*-1;;;-1;;3*-1;;-1;;;;;;;. The molecule has 0 fully saturated rings. The van der Waals surface area contributed by atoms with Gasteiger partial charge in [0.25, 0.3) is 0 Å². The van der Waals surface area contributed by atoms with Crippen LogP contribution in [-0.2, 0) is 0 Å². The van der Waals surface area contributed by atoms with Gasteiger partial charge in [-0.25, -0.2) is 0 Å². The quantitative estimate of drug-likeness (QED) is 0.0323. The Morgan fingerprint density at radius 2 is 0.441 bits per heavy atom. The zero-order valence-electron chi connectivity index (χ0n) is 93.4. The molecule has 0 aromatic rings. The number of hydrogen-bond acceptors (Lipinski definition) is 0. The van der Waals surface area contributed by atoms with E-state index in [0.717, 1.165) is 67.6 Å². The van der Waals surface area contributed by atoms with Gasteiger partial charge in [-0.15, -0.1) is 55.4 Å². The van der Waals surface area contributed by atoms with E-state index in [0.29, 0.717) is 5.66 Å². The first kappa shape index (κ1) is 192. The van der Waals surface area contributed by atoms with Crippen LogP contribution in [0.15, 0.2) is 0 Å². The Labute approximate surface area is 1000 Å². The molecule has 778 valence electrons. The number of rotatable bonds is 70. The Morgan fingerprint density at radius 3 is 0.606 bits per heavy atom. The van der Waals surface area contributed by atoms with Gasteiger partial charge >= 0.3 is 0 Å². The summed E-state index contributed by atoms with van der Waals surface area (Å²) in [5.41, 5.74) is 0.551. The van der Waals surface area contributed by atoms with Crippen LogP contribution in [0.5, 0.6) is 0 Å². The van der Waals surface area contributed by atoms with Gasteiger partial charge in [-0.05, 0) is 98.7 Å². The molecule has 0 saturated carbocycles. The largest absolute Gasteiger partial charge is 0.358 e.